The van der Waals surface area contributed by atoms with E-state index in [4.69, 9.17) is 4.74 Å². The minimum Gasteiger partial charge on any atom is -0.465 e. The van der Waals surface area contributed by atoms with Gasteiger partial charge in [-0.15, -0.1) is 11.3 Å². The van der Waals surface area contributed by atoms with Gasteiger partial charge in [0.1, 0.15) is 4.88 Å². The largest absolute Gasteiger partial charge is 0.465 e. The van der Waals surface area contributed by atoms with Gasteiger partial charge in [-0.2, -0.15) is 12.6 Å². The average Bonchev–Trinajstić information content (AvgIpc) is 3.23. The average molecular weight is 506 g/mol. The molecule has 0 aliphatic heterocycles. The molecular weight excluding hydrogens is 478 g/mol. The maximum absolute atomic E-state index is 11.5. The fourth-order valence-corrected chi connectivity index (χ4v) is 3.63. The van der Waals surface area contributed by atoms with Crippen LogP contribution in [0, 0.1) is 24.0 Å². The standard InChI is InChI=1S/C12H12O2S.C8H7NO3.C4H8O2S/c1-3-14-12(13)11-7-9-6-8(2)4-5-10(9)15-11;1-6-2-3-8(9(11)12)7(4-6)5-10;1-2-6-4(5)3-7/h4-7H,3H2,1-2H3;2-5H,1H3;7H,2-3H2,1H3. The number of benzene rings is 2. The van der Waals surface area contributed by atoms with Crippen molar-refractivity contribution in [1.29, 1.82) is 0 Å². The topological polar surface area (TPSA) is 113 Å². The second-order valence-corrected chi connectivity index (χ2v) is 8.17. The Hall–Kier alpha value is -3.24. The molecule has 182 valence electrons. The summed E-state index contributed by atoms with van der Waals surface area (Å²) in [6.07, 6.45) is 0.491. The molecule has 3 rings (SSSR count). The number of nitrogens with zero attached hydrogens (tertiary/aromatic N) is 1. The third-order valence-corrected chi connectivity index (χ3v) is 5.44. The van der Waals surface area contributed by atoms with E-state index in [1.807, 2.05) is 32.0 Å². The van der Waals surface area contributed by atoms with Crippen molar-refractivity contribution < 1.29 is 28.8 Å². The first-order valence-electron chi connectivity index (χ1n) is 10.3. The zero-order valence-corrected chi connectivity index (χ0v) is 21.1. The summed E-state index contributed by atoms with van der Waals surface area (Å²) in [6.45, 7) is 8.26. The molecule has 0 unspecified atom stereocenters. The Morgan fingerprint density at radius 1 is 1.03 bits per heavy atom. The van der Waals surface area contributed by atoms with Gasteiger partial charge < -0.3 is 9.47 Å². The number of hydrogen-bond acceptors (Lipinski definition) is 9. The molecule has 3 aromatic rings. The monoisotopic (exact) mass is 505 g/mol. The van der Waals surface area contributed by atoms with Crippen LogP contribution in [0.5, 0.6) is 0 Å². The van der Waals surface area contributed by atoms with Crippen molar-refractivity contribution in [2.45, 2.75) is 27.7 Å². The number of esters is 2. The number of ether oxygens (including phenoxy) is 2. The normalized spacial score (nSPS) is 9.68. The Morgan fingerprint density at radius 2 is 1.65 bits per heavy atom. The van der Waals surface area contributed by atoms with Crippen molar-refractivity contribution in [1.82, 2.24) is 0 Å². The fourth-order valence-electron chi connectivity index (χ4n) is 2.61. The van der Waals surface area contributed by atoms with Gasteiger partial charge in [0.2, 0.25) is 0 Å². The number of aryl methyl sites for hydroxylation is 2. The predicted octanol–water partition coefficient (Wildman–Crippen LogP) is 5.58. The molecular formula is C24H27NO7S2. The SMILES string of the molecule is CCOC(=O)CS.CCOC(=O)c1cc2cc(C)ccc2s1.Cc1ccc([N+](=O)[O-])c(C=O)c1. The van der Waals surface area contributed by atoms with Crippen LogP contribution in [0.3, 0.4) is 0 Å². The van der Waals surface area contributed by atoms with Gasteiger partial charge in [0.25, 0.3) is 5.69 Å². The fraction of sp³-hybridized carbons (Fsp3) is 0.292. The van der Waals surface area contributed by atoms with Crippen LogP contribution in [0.2, 0.25) is 0 Å². The first-order valence-corrected chi connectivity index (χ1v) is 11.8. The maximum atomic E-state index is 11.5. The lowest BCUT2D eigenvalue weighted by atomic mass is 10.1. The molecule has 0 atom stereocenters. The number of rotatable bonds is 6. The van der Waals surface area contributed by atoms with Crippen LogP contribution in [0.4, 0.5) is 5.69 Å². The number of carbonyl (C=O) groups is 3. The molecule has 0 N–H and O–H groups in total. The Morgan fingerprint density at radius 3 is 2.18 bits per heavy atom. The molecule has 8 nitrogen and oxygen atoms in total. The number of hydrogen-bond donors (Lipinski definition) is 1. The summed E-state index contributed by atoms with van der Waals surface area (Å²) in [4.78, 5) is 42.4. The first-order chi connectivity index (χ1) is 16.2. The molecule has 10 heteroatoms. The van der Waals surface area contributed by atoms with Gasteiger partial charge in [-0.05, 0) is 56.8 Å². The number of thiophene rings is 1. The van der Waals surface area contributed by atoms with Crippen molar-refractivity contribution >= 4 is 58.0 Å². The highest BCUT2D eigenvalue weighted by Gasteiger charge is 2.12. The number of carbonyl (C=O) groups excluding carboxylic acids is 3. The van der Waals surface area contributed by atoms with Crippen molar-refractivity contribution in [2.75, 3.05) is 19.0 Å². The third-order valence-electron chi connectivity index (χ3n) is 4.09. The van der Waals surface area contributed by atoms with E-state index in [9.17, 15) is 24.5 Å². The molecule has 0 bridgehead atoms. The molecule has 0 amide bonds. The van der Waals surface area contributed by atoms with Crippen LogP contribution in [-0.4, -0.2) is 42.1 Å². The molecule has 0 aliphatic carbocycles. The van der Waals surface area contributed by atoms with E-state index in [-0.39, 0.29) is 28.9 Å². The van der Waals surface area contributed by atoms with Crippen LogP contribution in [0.25, 0.3) is 10.1 Å². The van der Waals surface area contributed by atoms with Crippen LogP contribution < -0.4 is 0 Å². The quantitative estimate of drug-likeness (QED) is 0.153. The van der Waals surface area contributed by atoms with E-state index in [1.165, 1.54) is 29.0 Å². The lowest BCUT2D eigenvalue weighted by molar-refractivity contribution is -0.385. The lowest BCUT2D eigenvalue weighted by Gasteiger charge is -1.95. The van der Waals surface area contributed by atoms with Gasteiger partial charge in [0.15, 0.2) is 6.29 Å². The molecule has 34 heavy (non-hydrogen) atoms. The predicted molar refractivity (Wildman–Crippen MR) is 136 cm³/mol. The van der Waals surface area contributed by atoms with E-state index >= 15 is 0 Å². The van der Waals surface area contributed by atoms with Crippen molar-refractivity contribution in [3.05, 3.63) is 74.1 Å². The zero-order chi connectivity index (χ0) is 25.7. The Balaban J connectivity index is 0.000000274. The summed E-state index contributed by atoms with van der Waals surface area (Å²) in [5.41, 5.74) is 2.02. The van der Waals surface area contributed by atoms with E-state index < -0.39 is 4.92 Å². The molecule has 1 aromatic heterocycles. The molecule has 0 spiro atoms. The van der Waals surface area contributed by atoms with Crippen LogP contribution in [0.15, 0.2) is 42.5 Å². The van der Waals surface area contributed by atoms with Gasteiger partial charge in [-0.1, -0.05) is 23.8 Å². The first kappa shape index (κ1) is 28.8. The molecule has 1 heterocycles. The molecule has 0 fully saturated rings. The summed E-state index contributed by atoms with van der Waals surface area (Å²) >= 11 is 5.15. The smallest absolute Gasteiger partial charge is 0.348 e. The Bertz CT molecular complexity index is 1140. The molecule has 0 saturated carbocycles. The Kier molecular flexibility index (Phi) is 12.5. The van der Waals surface area contributed by atoms with Crippen LogP contribution >= 0.6 is 24.0 Å². The molecule has 0 aliphatic rings. The third kappa shape index (κ3) is 9.32. The van der Waals surface area contributed by atoms with Crippen LogP contribution in [0.1, 0.15) is 45.0 Å². The van der Waals surface area contributed by atoms with Crippen molar-refractivity contribution in [3.63, 3.8) is 0 Å². The highest BCUT2D eigenvalue weighted by Crippen LogP contribution is 2.26. The van der Waals surface area contributed by atoms with Gasteiger partial charge in [0.05, 0.1) is 29.5 Å². The minimum atomic E-state index is -0.566. The summed E-state index contributed by atoms with van der Waals surface area (Å²) in [6, 6.07) is 12.5. The number of thiol groups is 1. The molecule has 2 aromatic carbocycles. The van der Waals surface area contributed by atoms with Gasteiger partial charge in [-0.3, -0.25) is 19.7 Å². The molecule has 0 radical (unpaired) electrons. The summed E-state index contributed by atoms with van der Waals surface area (Å²) in [5.74, 6) is -0.310. The zero-order valence-electron chi connectivity index (χ0n) is 19.4. The van der Waals surface area contributed by atoms with Crippen molar-refractivity contribution in [3.8, 4) is 0 Å². The second-order valence-electron chi connectivity index (χ2n) is 6.77. The highest BCUT2D eigenvalue weighted by atomic mass is 32.1. The van der Waals surface area contributed by atoms with Gasteiger partial charge in [0, 0.05) is 10.8 Å². The van der Waals surface area contributed by atoms with E-state index in [1.54, 1.807) is 19.9 Å². The summed E-state index contributed by atoms with van der Waals surface area (Å²) < 4.78 is 10.6. The minimum absolute atomic E-state index is 0.125. The van der Waals surface area contributed by atoms with Gasteiger partial charge in [-0.25, -0.2) is 4.79 Å². The Labute approximate surface area is 207 Å². The van der Waals surface area contributed by atoms with Gasteiger partial charge >= 0.3 is 11.9 Å². The summed E-state index contributed by atoms with van der Waals surface area (Å²) in [5, 5.41) is 11.5. The van der Waals surface area contributed by atoms with Crippen LogP contribution in [-0.2, 0) is 14.3 Å². The lowest BCUT2D eigenvalue weighted by Crippen LogP contribution is -2.03. The summed E-state index contributed by atoms with van der Waals surface area (Å²) in [7, 11) is 0. The second kappa shape index (κ2) is 14.8. The number of fused-ring (bicyclic) bond motifs is 1. The van der Waals surface area contributed by atoms with Crippen molar-refractivity contribution in [2.24, 2.45) is 0 Å². The van der Waals surface area contributed by atoms with E-state index in [0.29, 0.717) is 24.4 Å². The number of nitro groups is 1. The van der Waals surface area contributed by atoms with E-state index in [0.717, 1.165) is 15.6 Å². The highest BCUT2D eigenvalue weighted by molar-refractivity contribution is 7.81. The molecule has 0 saturated heterocycles. The number of aldehydes is 1. The van der Waals surface area contributed by atoms with E-state index in [2.05, 4.69) is 23.4 Å². The maximum Gasteiger partial charge on any atom is 0.348 e. The number of nitro benzene ring substituents is 1.